The predicted molar refractivity (Wildman–Crippen MR) is 258 cm³/mol. The maximum atomic E-state index is 12.9. The average Bonchev–Trinajstić information content (AvgIpc) is 3.59. The van der Waals surface area contributed by atoms with Gasteiger partial charge in [-0.1, -0.05) is 133 Å². The molecule has 1 unspecified atom stereocenters. The summed E-state index contributed by atoms with van der Waals surface area (Å²) in [5.74, 6) is -1.88. The number of hydrogen-bond donors (Lipinski definition) is 2. The third-order valence-electron chi connectivity index (χ3n) is 10.8. The Balaban J connectivity index is 2.42. The average molecular weight is 917 g/mol. The van der Waals surface area contributed by atoms with E-state index in [2.05, 4.69) is 67.8 Å². The van der Waals surface area contributed by atoms with E-state index >= 15 is 0 Å². The summed E-state index contributed by atoms with van der Waals surface area (Å²) in [4.78, 5) is 72.6. The van der Waals surface area contributed by atoms with E-state index in [4.69, 9.17) is 14.0 Å². The molecule has 0 spiro atoms. The summed E-state index contributed by atoms with van der Waals surface area (Å²) in [6.45, 7) is 3.89. The van der Waals surface area contributed by atoms with Gasteiger partial charge in [0.05, 0.1) is 12.8 Å². The number of allylic oxidation sites excluding steroid dienone is 8. The zero-order valence-corrected chi connectivity index (χ0v) is 40.6. The van der Waals surface area contributed by atoms with Crippen molar-refractivity contribution >= 4 is 37.3 Å². The fourth-order valence-electron chi connectivity index (χ4n) is 6.85. The van der Waals surface area contributed by atoms with Gasteiger partial charge in [0.1, 0.15) is 6.61 Å². The van der Waals surface area contributed by atoms with Crippen LogP contribution in [-0.4, -0.2) is 78.0 Å². The van der Waals surface area contributed by atoms with E-state index < -0.39 is 32.2 Å². The first-order chi connectivity index (χ1) is 31.1. The first-order valence-electron chi connectivity index (χ1n) is 24.8. The quantitative estimate of drug-likeness (QED) is 0.0198. The molecule has 0 aromatic carbocycles. The number of amides is 3. The number of imide groups is 1. The number of ether oxygens (including phenoxy) is 2. The van der Waals surface area contributed by atoms with Crippen LogP contribution in [0.1, 0.15) is 194 Å². The van der Waals surface area contributed by atoms with Crippen LogP contribution >= 0.6 is 7.60 Å². The van der Waals surface area contributed by atoms with Gasteiger partial charge in [0.25, 0.3) is 11.8 Å². The Morgan fingerprint density at radius 1 is 0.609 bits per heavy atom. The van der Waals surface area contributed by atoms with Crippen molar-refractivity contribution in [1.29, 1.82) is 0 Å². The Morgan fingerprint density at radius 3 is 1.59 bits per heavy atom. The molecule has 0 aliphatic carbocycles. The molecule has 3 amide bonds. The molecular formula is C51H85N2O10P. The molecule has 64 heavy (non-hydrogen) atoms. The summed E-state index contributed by atoms with van der Waals surface area (Å²) >= 11 is 0. The molecule has 0 fully saturated rings. The van der Waals surface area contributed by atoms with Gasteiger partial charge in [0.15, 0.2) is 6.10 Å². The Kier molecular flexibility index (Phi) is 37.3. The number of unbranched alkanes of at least 4 members (excludes halogenated alkanes) is 18. The number of rotatable bonds is 43. The van der Waals surface area contributed by atoms with E-state index in [0.29, 0.717) is 38.6 Å². The lowest BCUT2D eigenvalue weighted by molar-refractivity contribution is -0.161. The Morgan fingerprint density at radius 2 is 1.06 bits per heavy atom. The van der Waals surface area contributed by atoms with E-state index in [0.717, 1.165) is 94.8 Å². The lowest BCUT2D eigenvalue weighted by Crippen LogP contribution is -2.31. The fourth-order valence-corrected chi connectivity index (χ4v) is 7.78. The number of nitrogens with one attached hydrogen (secondary N) is 1. The van der Waals surface area contributed by atoms with Gasteiger partial charge in [0.2, 0.25) is 5.91 Å². The van der Waals surface area contributed by atoms with E-state index in [1.54, 1.807) is 0 Å². The lowest BCUT2D eigenvalue weighted by Gasteiger charge is -2.20. The van der Waals surface area contributed by atoms with Crippen LogP contribution in [0.2, 0.25) is 0 Å². The number of esters is 2. The minimum absolute atomic E-state index is 0.102. The van der Waals surface area contributed by atoms with Gasteiger partial charge < -0.3 is 24.2 Å². The zero-order chi connectivity index (χ0) is 46.8. The Bertz CT molecular complexity index is 1450. The number of hydrogen-bond acceptors (Lipinski definition) is 9. The number of carbonyl (C=O) groups excluding carboxylic acids is 5. The highest BCUT2D eigenvalue weighted by molar-refractivity contribution is 7.52. The van der Waals surface area contributed by atoms with Crippen LogP contribution < -0.4 is 5.32 Å². The molecule has 0 aromatic rings. The maximum absolute atomic E-state index is 12.9. The monoisotopic (exact) mass is 917 g/mol. The van der Waals surface area contributed by atoms with Crippen molar-refractivity contribution in [2.45, 2.75) is 200 Å². The van der Waals surface area contributed by atoms with Crippen molar-refractivity contribution in [3.8, 4) is 0 Å². The van der Waals surface area contributed by atoms with Crippen molar-refractivity contribution in [1.82, 2.24) is 10.2 Å². The van der Waals surface area contributed by atoms with Gasteiger partial charge in [-0.15, -0.1) is 0 Å². The highest BCUT2D eigenvalue weighted by Gasteiger charge is 2.25. The van der Waals surface area contributed by atoms with Crippen molar-refractivity contribution < 1.29 is 47.4 Å². The van der Waals surface area contributed by atoms with Gasteiger partial charge in [-0.2, -0.15) is 0 Å². The number of carbonyl (C=O) groups is 5. The van der Waals surface area contributed by atoms with Crippen LogP contribution in [0.5, 0.6) is 0 Å². The van der Waals surface area contributed by atoms with Crippen LogP contribution in [0, 0.1) is 0 Å². The molecule has 1 rings (SSSR count). The fraction of sp³-hybridized carbons (Fsp3) is 0.706. The molecule has 0 radical (unpaired) electrons. The van der Waals surface area contributed by atoms with E-state index in [-0.39, 0.29) is 56.3 Å². The van der Waals surface area contributed by atoms with Crippen LogP contribution in [0.15, 0.2) is 60.8 Å². The molecule has 13 heteroatoms. The first-order valence-corrected chi connectivity index (χ1v) is 26.6. The minimum Gasteiger partial charge on any atom is -0.462 e. The third-order valence-corrected chi connectivity index (χ3v) is 12.1. The molecule has 1 aliphatic rings. The molecule has 1 aliphatic heterocycles. The molecule has 1 heterocycles. The van der Waals surface area contributed by atoms with Crippen LogP contribution in [0.25, 0.3) is 0 Å². The molecule has 0 aromatic heterocycles. The Hall–Kier alpha value is -3.60. The van der Waals surface area contributed by atoms with E-state index in [1.165, 1.54) is 50.7 Å². The molecule has 2 N–H and O–H groups in total. The van der Waals surface area contributed by atoms with Gasteiger partial charge in [-0.3, -0.25) is 33.4 Å². The summed E-state index contributed by atoms with van der Waals surface area (Å²) < 4.78 is 29.2. The molecule has 12 nitrogen and oxygen atoms in total. The first kappa shape index (κ1) is 58.4. The van der Waals surface area contributed by atoms with Crippen molar-refractivity contribution in [2.75, 3.05) is 32.5 Å². The van der Waals surface area contributed by atoms with Gasteiger partial charge in [-0.05, 0) is 89.9 Å². The summed E-state index contributed by atoms with van der Waals surface area (Å²) in [6, 6.07) is 0. The second-order valence-corrected chi connectivity index (χ2v) is 18.7. The van der Waals surface area contributed by atoms with Crippen molar-refractivity contribution in [2.24, 2.45) is 0 Å². The summed E-state index contributed by atoms with van der Waals surface area (Å²) in [6.07, 6.45) is 44.7. The van der Waals surface area contributed by atoms with Gasteiger partial charge in [0, 0.05) is 44.5 Å². The molecule has 0 saturated heterocycles. The smallest absolute Gasteiger partial charge is 0.330 e. The predicted octanol–water partition coefficient (Wildman–Crippen LogP) is 11.9. The third kappa shape index (κ3) is 35.7. The Labute approximate surface area is 386 Å². The second-order valence-electron chi connectivity index (χ2n) is 16.7. The van der Waals surface area contributed by atoms with Crippen molar-refractivity contribution in [3.05, 3.63) is 60.8 Å². The lowest BCUT2D eigenvalue weighted by atomic mass is 10.1. The van der Waals surface area contributed by atoms with Crippen LogP contribution in [0.4, 0.5) is 0 Å². The van der Waals surface area contributed by atoms with E-state index in [1.807, 2.05) is 0 Å². The maximum Gasteiger partial charge on any atom is 0.330 e. The highest BCUT2D eigenvalue weighted by atomic mass is 31.2. The number of nitrogens with zero attached hydrogens (tertiary/aromatic N) is 1. The largest absolute Gasteiger partial charge is 0.462 e. The van der Waals surface area contributed by atoms with Gasteiger partial charge >= 0.3 is 19.5 Å². The molecule has 364 valence electrons. The summed E-state index contributed by atoms with van der Waals surface area (Å²) in [5, 5.41) is 2.62. The van der Waals surface area contributed by atoms with Crippen LogP contribution in [-0.2, 0) is 42.5 Å². The molecular weight excluding hydrogens is 832 g/mol. The second kappa shape index (κ2) is 40.9. The van der Waals surface area contributed by atoms with Crippen molar-refractivity contribution in [3.63, 3.8) is 0 Å². The highest BCUT2D eigenvalue weighted by Crippen LogP contribution is 2.41. The minimum atomic E-state index is -4.19. The SMILES string of the molecule is CCCCC/C=C/C/C=C/CCCCCCCC(=O)OC[C@H](COP(=O)(O)CCNC(=O)CCCCCN1C(=O)C=CC1=O)OC(=O)CCCCCCC/C=C/C/C=C/CCCCC. The van der Waals surface area contributed by atoms with Gasteiger partial charge in [-0.25, -0.2) is 0 Å². The zero-order valence-electron chi connectivity index (χ0n) is 39.7. The standard InChI is InChI=1S/C51H85N2O10P/c1-3-5-7-9-11-13-15-17-19-21-23-25-27-29-33-37-50(57)61-44-46(63-51(58)38-34-30-28-26-24-22-20-18-16-14-12-10-8-6-4-2)45-62-64(59,60)43-41-52-47(54)36-32-31-35-42-53-48(55)39-40-49(53)56/h11-14,17-20,39-40,46H,3-10,15-16,21-38,41-45H2,1-2H3,(H,52,54)(H,59,60)/b13-11+,14-12+,19-17+,20-18+/t46-/m1/s1. The normalized spacial score (nSPS) is 14.5. The van der Waals surface area contributed by atoms with Crippen LogP contribution in [0.3, 0.4) is 0 Å². The molecule has 2 atom stereocenters. The molecule has 0 bridgehead atoms. The summed E-state index contributed by atoms with van der Waals surface area (Å²) in [7, 11) is -4.19. The topological polar surface area (TPSA) is 166 Å². The van der Waals surface area contributed by atoms with E-state index in [9.17, 15) is 33.4 Å². The summed E-state index contributed by atoms with van der Waals surface area (Å²) in [5.41, 5.74) is 0. The molecule has 0 saturated carbocycles.